The highest BCUT2D eigenvalue weighted by Crippen LogP contribution is 2.49. The molecular weight excluding hydrogens is 1030 g/mol. The molecular formula is C74H42N8O2. The van der Waals surface area contributed by atoms with Crippen molar-refractivity contribution in [3.63, 3.8) is 0 Å². The first-order chi connectivity index (χ1) is 41.6. The molecule has 10 nitrogen and oxygen atoms in total. The number of rotatable bonds is 6. The Balaban J connectivity index is 0.706. The summed E-state index contributed by atoms with van der Waals surface area (Å²) in [6.07, 6.45) is 4.34. The van der Waals surface area contributed by atoms with Gasteiger partial charge in [0.25, 0.3) is 0 Å². The van der Waals surface area contributed by atoms with E-state index in [2.05, 4.69) is 225 Å². The van der Waals surface area contributed by atoms with Crippen LogP contribution in [0, 0.1) is 0 Å². The molecule has 17 aromatic rings. The second kappa shape index (κ2) is 17.0. The molecule has 0 spiro atoms. The third-order valence-electron chi connectivity index (χ3n) is 17.2. The largest absolute Gasteiger partial charge is 0.456 e. The molecule has 6 aromatic heterocycles. The van der Waals surface area contributed by atoms with E-state index in [1.54, 1.807) is 0 Å². The summed E-state index contributed by atoms with van der Waals surface area (Å²) in [5.41, 5.74) is 18.1. The van der Waals surface area contributed by atoms with Gasteiger partial charge in [0.2, 0.25) is 5.95 Å². The second-order valence-electron chi connectivity index (χ2n) is 21.8. The molecule has 19 rings (SSSR count). The maximum Gasteiger partial charge on any atom is 0.235 e. The molecule has 0 bridgehead atoms. The highest BCUT2D eigenvalue weighted by molar-refractivity contribution is 6.21. The van der Waals surface area contributed by atoms with Gasteiger partial charge in [0.15, 0.2) is 5.82 Å². The van der Waals surface area contributed by atoms with Crippen LogP contribution in [0.5, 0.6) is 23.0 Å². The molecule has 10 heteroatoms. The number of aromatic nitrogens is 8. The predicted molar refractivity (Wildman–Crippen MR) is 337 cm³/mol. The van der Waals surface area contributed by atoms with E-state index < -0.39 is 0 Å². The Morgan fingerprint density at radius 2 is 0.952 bits per heavy atom. The fraction of sp³-hybridized carbons (Fsp3) is 0. The van der Waals surface area contributed by atoms with Crippen molar-refractivity contribution >= 4 is 87.2 Å². The summed E-state index contributed by atoms with van der Waals surface area (Å²) in [7, 11) is 0. The van der Waals surface area contributed by atoms with Gasteiger partial charge in [-0.25, -0.2) is 19.9 Å². The van der Waals surface area contributed by atoms with Crippen molar-refractivity contribution in [3.8, 4) is 91.0 Å². The van der Waals surface area contributed by atoms with Crippen LogP contribution in [0.4, 0.5) is 0 Å². The van der Waals surface area contributed by atoms with E-state index in [1.165, 1.54) is 10.8 Å². The summed E-state index contributed by atoms with van der Waals surface area (Å²) >= 11 is 0. The van der Waals surface area contributed by atoms with Gasteiger partial charge in [0.1, 0.15) is 23.0 Å². The lowest BCUT2D eigenvalue weighted by molar-refractivity contribution is 0.486. The maximum atomic E-state index is 6.85. The van der Waals surface area contributed by atoms with Gasteiger partial charge in [-0.3, -0.25) is 4.57 Å². The van der Waals surface area contributed by atoms with E-state index in [1.807, 2.05) is 48.5 Å². The number of hydrogen-bond donors (Lipinski definition) is 0. The Bertz CT molecular complexity index is 5690. The van der Waals surface area contributed by atoms with E-state index in [9.17, 15) is 0 Å². The Morgan fingerprint density at radius 3 is 1.81 bits per heavy atom. The number of benzene rings is 11. The number of hydrogen-bond acceptors (Lipinski definition) is 6. The summed E-state index contributed by atoms with van der Waals surface area (Å²) in [6.45, 7) is 0. The molecule has 0 fully saturated rings. The van der Waals surface area contributed by atoms with Crippen LogP contribution < -0.4 is 9.47 Å². The molecule has 2 aliphatic rings. The zero-order chi connectivity index (χ0) is 54.7. The molecule has 0 saturated carbocycles. The summed E-state index contributed by atoms with van der Waals surface area (Å²) in [4.78, 5) is 21.1. The third-order valence-corrected chi connectivity index (χ3v) is 17.2. The minimum Gasteiger partial charge on any atom is -0.456 e. The summed E-state index contributed by atoms with van der Waals surface area (Å²) in [5.74, 6) is 4.33. The van der Waals surface area contributed by atoms with Gasteiger partial charge in [-0.15, -0.1) is 0 Å². The maximum absolute atomic E-state index is 6.85. The third kappa shape index (κ3) is 6.38. The number of nitrogens with zero attached hydrogens (tertiary/aromatic N) is 8. The molecule has 0 radical (unpaired) electrons. The Hall–Kier alpha value is -11.6. The van der Waals surface area contributed by atoms with Gasteiger partial charge in [0.05, 0.1) is 66.3 Å². The topological polar surface area (TPSA) is 89.7 Å². The zero-order valence-corrected chi connectivity index (χ0v) is 44.6. The molecule has 0 N–H and O–H groups in total. The van der Waals surface area contributed by atoms with Crippen molar-refractivity contribution in [2.45, 2.75) is 0 Å². The fourth-order valence-electron chi connectivity index (χ4n) is 13.5. The van der Waals surface area contributed by atoms with Crippen LogP contribution in [0.3, 0.4) is 0 Å². The average molecular weight is 1080 g/mol. The predicted octanol–water partition coefficient (Wildman–Crippen LogP) is 18.5. The molecule has 11 aromatic carbocycles. The zero-order valence-electron chi connectivity index (χ0n) is 44.6. The minimum absolute atomic E-state index is 0.608. The highest BCUT2D eigenvalue weighted by Gasteiger charge is 2.28. The van der Waals surface area contributed by atoms with E-state index >= 15 is 0 Å². The van der Waals surface area contributed by atoms with Gasteiger partial charge in [-0.05, 0) is 145 Å². The van der Waals surface area contributed by atoms with Gasteiger partial charge in [-0.2, -0.15) is 0 Å². The molecule has 0 atom stereocenters. The molecule has 390 valence electrons. The van der Waals surface area contributed by atoms with E-state index in [0.717, 1.165) is 156 Å². The fourth-order valence-corrected chi connectivity index (χ4v) is 13.5. The van der Waals surface area contributed by atoms with Gasteiger partial charge in [0, 0.05) is 78.5 Å². The molecule has 84 heavy (non-hydrogen) atoms. The normalized spacial score (nSPS) is 12.5. The second-order valence-corrected chi connectivity index (χ2v) is 21.8. The lowest BCUT2D eigenvalue weighted by Crippen LogP contribution is -2.07. The van der Waals surface area contributed by atoms with Crippen LogP contribution in [0.15, 0.2) is 255 Å². The molecule has 8 heterocycles. The SMILES string of the molecule is c1ccc(-n2ccc3c2ccc2c4ccccc4n(-c4nc5c6c(cccc6n4)Oc4cc(-c6cccc(-n7c8ccccc8c8c9c(ccc87)ccn9-c7ccc(-c8nc9c%10c(cccc%10n8)Oc8ccccc8-9)cc7)c6)ccc4-5)c23)cc1. The first-order valence-corrected chi connectivity index (χ1v) is 28.2. The Labute approximate surface area is 478 Å². The number of para-hydroxylation sites is 4. The van der Waals surface area contributed by atoms with Crippen molar-refractivity contribution in [2.75, 3.05) is 0 Å². The van der Waals surface area contributed by atoms with Crippen molar-refractivity contribution < 1.29 is 9.47 Å². The van der Waals surface area contributed by atoms with Gasteiger partial charge < -0.3 is 23.2 Å². The van der Waals surface area contributed by atoms with Crippen LogP contribution in [0.2, 0.25) is 0 Å². The van der Waals surface area contributed by atoms with Crippen LogP contribution in [0.25, 0.3) is 155 Å². The molecule has 0 amide bonds. The van der Waals surface area contributed by atoms with E-state index in [-0.39, 0.29) is 0 Å². The van der Waals surface area contributed by atoms with Crippen molar-refractivity contribution in [1.29, 1.82) is 0 Å². The lowest BCUT2D eigenvalue weighted by Gasteiger charge is -2.22. The summed E-state index contributed by atoms with van der Waals surface area (Å²) in [5, 5.41) is 8.77. The van der Waals surface area contributed by atoms with Crippen LogP contribution in [0.1, 0.15) is 0 Å². The first kappa shape index (κ1) is 45.1. The van der Waals surface area contributed by atoms with Crippen LogP contribution >= 0.6 is 0 Å². The number of ether oxygens (including phenoxy) is 2. The lowest BCUT2D eigenvalue weighted by atomic mass is 9.97. The van der Waals surface area contributed by atoms with Crippen molar-refractivity contribution in [1.82, 2.24) is 38.2 Å². The molecule has 0 aliphatic carbocycles. The molecule has 2 aliphatic heterocycles. The standard InChI is InChI=1S/C74H42N8O2/c1-2-14-47(15-3-1)79-40-38-53-58(79)36-34-51-50-17-4-7-22-59(50)82(72(51)53)74-76-57-21-12-26-64-68(57)70(78-74)55-33-29-46(42-65(55)84-64)45-13-10-16-49(41-45)81-60-23-8-5-18-52(60)66-61(81)35-30-43-37-39-80(71(43)66)48-31-27-44(28-32-48)73-75-56-20-11-25-63-67(56)69(77-73)54-19-6-9-24-62(54)83-63/h1-42H. The smallest absolute Gasteiger partial charge is 0.235 e. The highest BCUT2D eigenvalue weighted by atomic mass is 16.5. The first-order valence-electron chi connectivity index (χ1n) is 28.2. The van der Waals surface area contributed by atoms with Crippen LogP contribution in [-0.2, 0) is 0 Å². The van der Waals surface area contributed by atoms with Crippen molar-refractivity contribution in [2.24, 2.45) is 0 Å². The summed E-state index contributed by atoms with van der Waals surface area (Å²) < 4.78 is 22.3. The quantitative estimate of drug-likeness (QED) is 0.165. The van der Waals surface area contributed by atoms with E-state index in [0.29, 0.717) is 11.8 Å². The number of fused-ring (bicyclic) bond motifs is 14. The molecule has 0 unspecified atom stereocenters. The summed E-state index contributed by atoms with van der Waals surface area (Å²) in [6, 6.07) is 85.3. The van der Waals surface area contributed by atoms with Gasteiger partial charge in [-0.1, -0.05) is 109 Å². The van der Waals surface area contributed by atoms with Crippen molar-refractivity contribution in [3.05, 3.63) is 255 Å². The van der Waals surface area contributed by atoms with Gasteiger partial charge >= 0.3 is 0 Å². The average Bonchev–Trinajstić information content (AvgIpc) is 3.77. The monoisotopic (exact) mass is 1070 g/mol. The molecule has 0 saturated heterocycles. The Morgan fingerprint density at radius 1 is 0.310 bits per heavy atom. The van der Waals surface area contributed by atoms with E-state index in [4.69, 9.17) is 29.4 Å². The van der Waals surface area contributed by atoms with Crippen LogP contribution in [-0.4, -0.2) is 38.2 Å². The Kier molecular flexibility index (Phi) is 9.12. The minimum atomic E-state index is 0.608.